The number of methoxy groups -OCH3 is 2. The molecule has 0 bridgehead atoms. The second-order valence-electron chi connectivity index (χ2n) is 6.29. The summed E-state index contributed by atoms with van der Waals surface area (Å²) in [6.45, 7) is 0.822. The van der Waals surface area contributed by atoms with Crippen molar-refractivity contribution in [2.45, 2.75) is 38.1 Å². The van der Waals surface area contributed by atoms with E-state index in [0.717, 1.165) is 49.3 Å². The second-order valence-corrected chi connectivity index (χ2v) is 7.32. The number of hydrogen-bond acceptors (Lipinski definition) is 4. The van der Waals surface area contributed by atoms with Gasteiger partial charge < -0.3 is 14.4 Å². The van der Waals surface area contributed by atoms with Gasteiger partial charge in [0, 0.05) is 23.4 Å². The molecule has 2 aromatic rings. The molecule has 1 aliphatic heterocycles. The van der Waals surface area contributed by atoms with Gasteiger partial charge in [0.1, 0.15) is 11.5 Å². The lowest BCUT2D eigenvalue weighted by atomic mass is 10.0. The molecule has 0 saturated carbocycles. The van der Waals surface area contributed by atoms with Crippen LogP contribution in [0.2, 0.25) is 0 Å². The number of likely N-dealkylation sites (tertiary alicyclic amines) is 1. The van der Waals surface area contributed by atoms with Gasteiger partial charge in [-0.3, -0.25) is 4.79 Å². The zero-order valence-corrected chi connectivity index (χ0v) is 15.7. The van der Waals surface area contributed by atoms with Crippen molar-refractivity contribution in [3.8, 4) is 11.5 Å². The summed E-state index contributed by atoms with van der Waals surface area (Å²) in [5.74, 6) is 1.86. The number of aryl methyl sites for hydroxylation is 1. The monoisotopic (exact) mass is 359 g/mol. The third kappa shape index (κ3) is 4.15. The highest BCUT2D eigenvalue weighted by Crippen LogP contribution is 2.39. The molecule has 134 valence electrons. The summed E-state index contributed by atoms with van der Waals surface area (Å²) >= 11 is 1.76. The van der Waals surface area contributed by atoms with E-state index in [4.69, 9.17) is 9.47 Å². The summed E-state index contributed by atoms with van der Waals surface area (Å²) in [4.78, 5) is 16.1. The molecule has 1 aromatic carbocycles. The number of amides is 1. The molecule has 5 heteroatoms. The number of carbonyl (C=O) groups is 1. The van der Waals surface area contributed by atoms with Crippen molar-refractivity contribution in [2.24, 2.45) is 0 Å². The molecule has 3 rings (SSSR count). The number of nitrogens with zero attached hydrogens (tertiary/aromatic N) is 1. The topological polar surface area (TPSA) is 38.8 Å². The van der Waals surface area contributed by atoms with Crippen LogP contribution in [0.5, 0.6) is 11.5 Å². The molecule has 1 atom stereocenters. The lowest BCUT2D eigenvalue weighted by Crippen LogP contribution is -2.30. The first-order valence-corrected chi connectivity index (χ1v) is 9.64. The normalized spacial score (nSPS) is 16.9. The minimum Gasteiger partial charge on any atom is -0.497 e. The largest absolute Gasteiger partial charge is 0.497 e. The number of thiophene rings is 1. The summed E-state index contributed by atoms with van der Waals surface area (Å²) in [6, 6.07) is 10.1. The van der Waals surface area contributed by atoms with Crippen molar-refractivity contribution >= 4 is 17.2 Å². The fourth-order valence-corrected chi connectivity index (χ4v) is 4.25. The van der Waals surface area contributed by atoms with Crippen molar-refractivity contribution in [2.75, 3.05) is 20.8 Å². The summed E-state index contributed by atoms with van der Waals surface area (Å²) < 4.78 is 10.9. The maximum absolute atomic E-state index is 12.8. The molecule has 4 nitrogen and oxygen atoms in total. The van der Waals surface area contributed by atoms with Gasteiger partial charge in [-0.1, -0.05) is 6.07 Å². The van der Waals surface area contributed by atoms with Crippen LogP contribution in [0.3, 0.4) is 0 Å². The summed E-state index contributed by atoms with van der Waals surface area (Å²) in [5, 5.41) is 2.09. The molecular weight excluding hydrogens is 334 g/mol. The summed E-state index contributed by atoms with van der Waals surface area (Å²) in [7, 11) is 3.33. The molecule has 2 heterocycles. The number of carbonyl (C=O) groups excluding carboxylic acids is 1. The van der Waals surface area contributed by atoms with E-state index in [1.165, 1.54) is 4.88 Å². The Kier molecular flexibility index (Phi) is 5.97. The molecule has 0 N–H and O–H groups in total. The van der Waals surface area contributed by atoms with Crippen LogP contribution in [-0.4, -0.2) is 31.6 Å². The molecule has 1 aliphatic rings. The predicted molar refractivity (Wildman–Crippen MR) is 100 cm³/mol. The third-order valence-electron chi connectivity index (χ3n) is 4.76. The zero-order valence-electron chi connectivity index (χ0n) is 14.9. The van der Waals surface area contributed by atoms with Gasteiger partial charge in [0.05, 0.1) is 20.3 Å². The van der Waals surface area contributed by atoms with Crippen molar-refractivity contribution in [3.63, 3.8) is 0 Å². The first-order valence-electron chi connectivity index (χ1n) is 8.76. The maximum Gasteiger partial charge on any atom is 0.223 e. The molecule has 25 heavy (non-hydrogen) atoms. The molecule has 1 saturated heterocycles. The molecule has 0 radical (unpaired) electrons. The Bertz CT molecular complexity index is 699. The van der Waals surface area contributed by atoms with Gasteiger partial charge in [-0.25, -0.2) is 0 Å². The van der Waals surface area contributed by atoms with Crippen molar-refractivity contribution < 1.29 is 14.3 Å². The first-order chi connectivity index (χ1) is 12.2. The van der Waals surface area contributed by atoms with Crippen LogP contribution in [-0.2, 0) is 11.2 Å². The van der Waals surface area contributed by atoms with Gasteiger partial charge in [0.2, 0.25) is 5.91 Å². The van der Waals surface area contributed by atoms with Gasteiger partial charge >= 0.3 is 0 Å². The van der Waals surface area contributed by atoms with Gasteiger partial charge in [-0.2, -0.15) is 0 Å². The van der Waals surface area contributed by atoms with E-state index in [1.54, 1.807) is 25.6 Å². The van der Waals surface area contributed by atoms with E-state index in [0.29, 0.717) is 6.42 Å². The Morgan fingerprint density at radius 3 is 2.88 bits per heavy atom. The van der Waals surface area contributed by atoms with Crippen LogP contribution >= 0.6 is 11.3 Å². The SMILES string of the molecule is COc1ccc(OC)c(C2CCCN2C(=O)CCCc2cccs2)c1. The van der Waals surface area contributed by atoms with E-state index in [2.05, 4.69) is 17.5 Å². The second kappa shape index (κ2) is 8.39. The van der Waals surface area contributed by atoms with Gasteiger partial charge in [-0.15, -0.1) is 11.3 Å². The van der Waals surface area contributed by atoms with E-state index in [1.807, 2.05) is 23.1 Å². The van der Waals surface area contributed by atoms with Gasteiger partial charge in [0.25, 0.3) is 0 Å². The van der Waals surface area contributed by atoms with Crippen LogP contribution < -0.4 is 9.47 Å². The number of benzene rings is 1. The quantitative estimate of drug-likeness (QED) is 0.733. The third-order valence-corrected chi connectivity index (χ3v) is 5.70. The molecule has 0 spiro atoms. The highest BCUT2D eigenvalue weighted by molar-refractivity contribution is 7.09. The van der Waals surface area contributed by atoms with Crippen LogP contribution in [0.15, 0.2) is 35.7 Å². The molecule has 1 aromatic heterocycles. The van der Waals surface area contributed by atoms with Gasteiger partial charge in [-0.05, 0) is 55.3 Å². The molecular formula is C20H25NO3S. The fraction of sp³-hybridized carbons (Fsp3) is 0.450. The summed E-state index contributed by atoms with van der Waals surface area (Å²) in [6.07, 6.45) is 4.48. The maximum atomic E-state index is 12.8. The first kappa shape index (κ1) is 17.8. The molecule has 1 fully saturated rings. The van der Waals surface area contributed by atoms with E-state index in [9.17, 15) is 4.79 Å². The highest BCUT2D eigenvalue weighted by Gasteiger charge is 2.31. The Morgan fingerprint density at radius 1 is 1.28 bits per heavy atom. The van der Waals surface area contributed by atoms with E-state index in [-0.39, 0.29) is 11.9 Å². The molecule has 1 amide bonds. The minimum atomic E-state index is 0.0827. The standard InChI is InChI=1S/C20H25NO3S/c1-23-15-10-11-19(24-2)17(14-15)18-8-4-12-21(18)20(22)9-3-6-16-7-5-13-25-16/h5,7,10-11,13-14,18H,3-4,6,8-9,12H2,1-2H3. The predicted octanol–water partition coefficient (Wildman–Crippen LogP) is 4.45. The summed E-state index contributed by atoms with van der Waals surface area (Å²) in [5.41, 5.74) is 1.05. The van der Waals surface area contributed by atoms with Gasteiger partial charge in [0.15, 0.2) is 0 Å². The van der Waals surface area contributed by atoms with Crippen molar-refractivity contribution in [1.29, 1.82) is 0 Å². The van der Waals surface area contributed by atoms with Crippen LogP contribution in [0.4, 0.5) is 0 Å². The Hall–Kier alpha value is -2.01. The smallest absolute Gasteiger partial charge is 0.223 e. The number of hydrogen-bond donors (Lipinski definition) is 0. The van der Waals surface area contributed by atoms with E-state index < -0.39 is 0 Å². The Balaban J connectivity index is 1.68. The lowest BCUT2D eigenvalue weighted by Gasteiger charge is -2.26. The van der Waals surface area contributed by atoms with Crippen LogP contribution in [0.1, 0.15) is 42.2 Å². The fourth-order valence-electron chi connectivity index (χ4n) is 3.50. The molecule has 1 unspecified atom stereocenters. The Morgan fingerprint density at radius 2 is 2.16 bits per heavy atom. The van der Waals surface area contributed by atoms with Crippen LogP contribution in [0.25, 0.3) is 0 Å². The highest BCUT2D eigenvalue weighted by atomic mass is 32.1. The Labute approximate surface area is 153 Å². The number of rotatable bonds is 7. The van der Waals surface area contributed by atoms with Crippen molar-refractivity contribution in [1.82, 2.24) is 4.90 Å². The van der Waals surface area contributed by atoms with E-state index >= 15 is 0 Å². The van der Waals surface area contributed by atoms with Crippen LogP contribution in [0, 0.1) is 0 Å². The average molecular weight is 359 g/mol. The lowest BCUT2D eigenvalue weighted by molar-refractivity contribution is -0.132. The van der Waals surface area contributed by atoms with Crippen molar-refractivity contribution in [3.05, 3.63) is 46.2 Å². The minimum absolute atomic E-state index is 0.0827. The molecule has 0 aliphatic carbocycles. The average Bonchev–Trinajstić information content (AvgIpc) is 3.32. The zero-order chi connectivity index (χ0) is 17.6. The number of ether oxygens (including phenoxy) is 2.